The second-order valence-corrected chi connectivity index (χ2v) is 7.28. The van der Waals surface area contributed by atoms with Gasteiger partial charge in [0.25, 0.3) is 0 Å². The fraction of sp³-hybridized carbons (Fsp3) is 0.333. The second-order valence-electron chi connectivity index (χ2n) is 7.28. The summed E-state index contributed by atoms with van der Waals surface area (Å²) in [5.41, 5.74) is 1.57. The van der Waals surface area contributed by atoms with E-state index in [1.165, 1.54) is 0 Å². The molecule has 0 aliphatic carbocycles. The Morgan fingerprint density at radius 3 is 2.03 bits per heavy atom. The molecule has 0 radical (unpaired) electrons. The number of Topliss-reactive ketones (excluding diaryl/α,β-unsaturated/α-hetero) is 1. The van der Waals surface area contributed by atoms with E-state index in [1.54, 1.807) is 43.3 Å². The Morgan fingerprint density at radius 2 is 1.47 bits per heavy atom. The highest BCUT2D eigenvalue weighted by Crippen LogP contribution is 2.07. The Bertz CT molecular complexity index is 901. The van der Waals surface area contributed by atoms with E-state index in [1.807, 2.05) is 24.3 Å². The molecule has 2 aromatic carbocycles. The number of hydrogen-bond acceptors (Lipinski definition) is 5. The van der Waals surface area contributed by atoms with Crippen LogP contribution in [0.4, 0.5) is 4.79 Å². The maximum Gasteiger partial charge on any atom is 0.408 e. The Labute approximate surface area is 187 Å². The standard InChI is InChI=1S/C24H28N2O6/c1-2-19(27)13-14-20(23(29)30)25-22(28)21(15-17-9-5-3-6-10-17)26-24(31)32-16-18-11-7-4-8-12-18/h3-12,20-21H,2,13-16H2,1H3,(H,25,28)(H,26,31)(H,29,30)/t20-,21+/m1/s1. The Kier molecular flexibility index (Phi) is 9.90. The van der Waals surface area contributed by atoms with Crippen molar-refractivity contribution in [3.05, 3.63) is 71.8 Å². The normalized spacial score (nSPS) is 12.3. The predicted octanol–water partition coefficient (Wildman–Crippen LogP) is 2.85. The third-order valence-corrected chi connectivity index (χ3v) is 4.82. The van der Waals surface area contributed by atoms with Crippen LogP contribution in [0.3, 0.4) is 0 Å². The van der Waals surface area contributed by atoms with Gasteiger partial charge < -0.3 is 20.5 Å². The van der Waals surface area contributed by atoms with Crippen molar-refractivity contribution in [2.75, 3.05) is 0 Å². The van der Waals surface area contributed by atoms with Crippen LogP contribution in [0.2, 0.25) is 0 Å². The highest BCUT2D eigenvalue weighted by Gasteiger charge is 2.27. The van der Waals surface area contributed by atoms with E-state index in [4.69, 9.17) is 4.74 Å². The van der Waals surface area contributed by atoms with E-state index >= 15 is 0 Å². The first-order chi connectivity index (χ1) is 15.4. The van der Waals surface area contributed by atoms with Crippen LogP contribution in [-0.4, -0.2) is 40.9 Å². The van der Waals surface area contributed by atoms with Gasteiger partial charge in [-0.25, -0.2) is 9.59 Å². The Balaban J connectivity index is 2.05. The van der Waals surface area contributed by atoms with Gasteiger partial charge >= 0.3 is 12.1 Å². The van der Waals surface area contributed by atoms with Gasteiger partial charge in [0.05, 0.1) is 0 Å². The Morgan fingerprint density at radius 1 is 0.875 bits per heavy atom. The monoisotopic (exact) mass is 440 g/mol. The molecule has 0 bridgehead atoms. The first-order valence-corrected chi connectivity index (χ1v) is 10.4. The molecule has 0 saturated heterocycles. The molecule has 8 nitrogen and oxygen atoms in total. The first-order valence-electron chi connectivity index (χ1n) is 10.4. The number of carbonyl (C=O) groups is 4. The molecule has 0 unspecified atom stereocenters. The fourth-order valence-corrected chi connectivity index (χ4v) is 2.98. The van der Waals surface area contributed by atoms with Crippen LogP contribution in [0.15, 0.2) is 60.7 Å². The number of alkyl carbamates (subject to hydrolysis) is 1. The van der Waals surface area contributed by atoms with E-state index in [2.05, 4.69) is 10.6 Å². The number of ketones is 1. The van der Waals surface area contributed by atoms with Crippen molar-refractivity contribution in [2.45, 2.75) is 51.3 Å². The number of carbonyl (C=O) groups excluding carboxylic acids is 3. The average molecular weight is 440 g/mol. The third kappa shape index (κ3) is 8.59. The summed E-state index contributed by atoms with van der Waals surface area (Å²) in [6.45, 7) is 1.72. The summed E-state index contributed by atoms with van der Waals surface area (Å²) in [4.78, 5) is 48.3. The summed E-state index contributed by atoms with van der Waals surface area (Å²) in [7, 11) is 0. The maximum absolute atomic E-state index is 12.9. The molecule has 8 heteroatoms. The molecule has 170 valence electrons. The summed E-state index contributed by atoms with van der Waals surface area (Å²) in [5, 5.41) is 14.4. The first kappa shape index (κ1) is 24.6. The molecule has 2 rings (SSSR count). The zero-order valence-corrected chi connectivity index (χ0v) is 18.0. The van der Waals surface area contributed by atoms with Crippen molar-refractivity contribution in [3.63, 3.8) is 0 Å². The topological polar surface area (TPSA) is 122 Å². The van der Waals surface area contributed by atoms with Crippen LogP contribution >= 0.6 is 0 Å². The van der Waals surface area contributed by atoms with E-state index < -0.39 is 30.1 Å². The van der Waals surface area contributed by atoms with Crippen molar-refractivity contribution in [2.24, 2.45) is 0 Å². The molecule has 2 amide bonds. The van der Waals surface area contributed by atoms with Crippen molar-refractivity contribution >= 4 is 23.8 Å². The summed E-state index contributed by atoms with van der Waals surface area (Å²) in [5.74, 6) is -2.00. The van der Waals surface area contributed by atoms with Gasteiger partial charge in [0.1, 0.15) is 24.5 Å². The Hall–Kier alpha value is -3.68. The van der Waals surface area contributed by atoms with Crippen LogP contribution in [0.1, 0.15) is 37.3 Å². The van der Waals surface area contributed by atoms with Crippen LogP contribution in [-0.2, 0) is 32.1 Å². The van der Waals surface area contributed by atoms with Crippen molar-refractivity contribution in [3.8, 4) is 0 Å². The number of amides is 2. The maximum atomic E-state index is 12.9. The van der Waals surface area contributed by atoms with Crippen LogP contribution in [0, 0.1) is 0 Å². The minimum absolute atomic E-state index is 0.0236. The number of aliphatic carboxylic acids is 1. The fourth-order valence-electron chi connectivity index (χ4n) is 2.98. The van der Waals surface area contributed by atoms with Gasteiger partial charge in [-0.3, -0.25) is 9.59 Å². The smallest absolute Gasteiger partial charge is 0.408 e. The molecule has 2 aromatic rings. The number of rotatable bonds is 12. The predicted molar refractivity (Wildman–Crippen MR) is 118 cm³/mol. The molecule has 0 spiro atoms. The zero-order chi connectivity index (χ0) is 23.3. The molecule has 32 heavy (non-hydrogen) atoms. The van der Waals surface area contributed by atoms with Gasteiger partial charge in [0.15, 0.2) is 0 Å². The highest BCUT2D eigenvalue weighted by molar-refractivity contribution is 5.89. The number of benzene rings is 2. The SMILES string of the molecule is CCC(=O)CC[C@@H](NC(=O)[C@H](Cc1ccccc1)NC(=O)OCc1ccccc1)C(=O)O. The van der Waals surface area contributed by atoms with Crippen LogP contribution in [0.5, 0.6) is 0 Å². The second kappa shape index (κ2) is 12.9. The number of carboxylic acid groups (broad SMARTS) is 1. The van der Waals surface area contributed by atoms with E-state index in [9.17, 15) is 24.3 Å². The molecule has 2 atom stereocenters. The lowest BCUT2D eigenvalue weighted by molar-refractivity contribution is -0.142. The minimum atomic E-state index is -1.24. The molecule has 0 heterocycles. The lowest BCUT2D eigenvalue weighted by Gasteiger charge is -2.21. The molecule has 0 fully saturated rings. The lowest BCUT2D eigenvalue weighted by Crippen LogP contribution is -2.52. The summed E-state index contributed by atoms with van der Waals surface area (Å²) in [6, 6.07) is 15.8. The largest absolute Gasteiger partial charge is 0.480 e. The van der Waals surface area contributed by atoms with E-state index in [-0.39, 0.29) is 31.7 Å². The summed E-state index contributed by atoms with van der Waals surface area (Å²) < 4.78 is 5.20. The van der Waals surface area contributed by atoms with Crippen molar-refractivity contribution in [1.82, 2.24) is 10.6 Å². The molecule has 3 N–H and O–H groups in total. The minimum Gasteiger partial charge on any atom is -0.480 e. The number of carboxylic acids is 1. The van der Waals surface area contributed by atoms with Crippen molar-refractivity contribution < 1.29 is 29.0 Å². The van der Waals surface area contributed by atoms with Crippen LogP contribution in [0.25, 0.3) is 0 Å². The highest BCUT2D eigenvalue weighted by atomic mass is 16.5. The summed E-state index contributed by atoms with van der Waals surface area (Å²) >= 11 is 0. The number of ether oxygens (including phenoxy) is 1. The van der Waals surface area contributed by atoms with E-state index in [0.29, 0.717) is 6.42 Å². The molecular weight excluding hydrogens is 412 g/mol. The van der Waals surface area contributed by atoms with Crippen LogP contribution < -0.4 is 10.6 Å². The van der Waals surface area contributed by atoms with Gasteiger partial charge in [0, 0.05) is 19.3 Å². The van der Waals surface area contributed by atoms with Gasteiger partial charge in [-0.05, 0) is 17.5 Å². The van der Waals surface area contributed by atoms with Gasteiger partial charge in [0.2, 0.25) is 5.91 Å². The third-order valence-electron chi connectivity index (χ3n) is 4.82. The molecular formula is C24H28N2O6. The molecule has 0 aromatic heterocycles. The summed E-state index contributed by atoms with van der Waals surface area (Å²) in [6.07, 6.45) is -0.328. The number of hydrogen-bond donors (Lipinski definition) is 3. The number of nitrogens with one attached hydrogen (secondary N) is 2. The van der Waals surface area contributed by atoms with E-state index in [0.717, 1.165) is 11.1 Å². The van der Waals surface area contributed by atoms with Gasteiger partial charge in [-0.2, -0.15) is 0 Å². The van der Waals surface area contributed by atoms with Gasteiger partial charge in [-0.15, -0.1) is 0 Å². The van der Waals surface area contributed by atoms with Gasteiger partial charge in [-0.1, -0.05) is 67.6 Å². The molecule has 0 aliphatic rings. The van der Waals surface area contributed by atoms with Crippen molar-refractivity contribution in [1.29, 1.82) is 0 Å². The quantitative estimate of drug-likeness (QED) is 0.467. The molecule has 0 saturated carbocycles. The zero-order valence-electron chi connectivity index (χ0n) is 18.0. The average Bonchev–Trinajstić information content (AvgIpc) is 2.80. The lowest BCUT2D eigenvalue weighted by atomic mass is 10.0. The molecule has 0 aliphatic heterocycles.